The second kappa shape index (κ2) is 7.02. The standard InChI is InChI=1S/C12H18N2O7/c1-7(15)13(11(17)18)5-9-3-4-10(21-9)6-14(8(2)16)12(19)20/h9-10H,3-6H2,1-2H3,(H,17,18)(H,19,20). The van der Waals surface area contributed by atoms with Crippen LogP contribution in [0.25, 0.3) is 0 Å². The Kier molecular flexibility index (Phi) is 5.65. The molecule has 1 aliphatic rings. The number of carbonyl (C=O) groups is 4. The highest BCUT2D eigenvalue weighted by Gasteiger charge is 2.32. The van der Waals surface area contributed by atoms with Gasteiger partial charge in [-0.3, -0.25) is 9.59 Å². The molecule has 1 fully saturated rings. The second-order valence-corrected chi connectivity index (χ2v) is 4.78. The fourth-order valence-electron chi connectivity index (χ4n) is 2.14. The van der Waals surface area contributed by atoms with Gasteiger partial charge in [0.2, 0.25) is 11.8 Å². The quantitative estimate of drug-likeness (QED) is 0.778. The van der Waals surface area contributed by atoms with Gasteiger partial charge in [-0.15, -0.1) is 0 Å². The molecule has 2 atom stereocenters. The van der Waals surface area contributed by atoms with Gasteiger partial charge in [0.05, 0.1) is 25.3 Å². The van der Waals surface area contributed by atoms with Crippen LogP contribution in [-0.2, 0) is 14.3 Å². The first-order valence-corrected chi connectivity index (χ1v) is 6.39. The van der Waals surface area contributed by atoms with Crippen molar-refractivity contribution in [2.45, 2.75) is 38.9 Å². The van der Waals surface area contributed by atoms with Crippen molar-refractivity contribution in [3.8, 4) is 0 Å². The summed E-state index contributed by atoms with van der Waals surface area (Å²) in [4.78, 5) is 45.4. The normalized spacial score (nSPS) is 20.9. The Balaban J connectivity index is 2.56. The van der Waals surface area contributed by atoms with Crippen LogP contribution in [0.5, 0.6) is 0 Å². The Morgan fingerprint density at radius 3 is 1.48 bits per heavy atom. The maximum absolute atomic E-state index is 11.2. The van der Waals surface area contributed by atoms with E-state index in [1.165, 1.54) is 0 Å². The summed E-state index contributed by atoms with van der Waals surface area (Å²) in [6, 6.07) is 0. The van der Waals surface area contributed by atoms with Gasteiger partial charge in [0.1, 0.15) is 0 Å². The van der Waals surface area contributed by atoms with E-state index in [0.29, 0.717) is 22.6 Å². The molecule has 9 heteroatoms. The average molecular weight is 302 g/mol. The number of hydrogen-bond donors (Lipinski definition) is 2. The lowest BCUT2D eigenvalue weighted by Crippen LogP contribution is -2.42. The molecule has 0 bridgehead atoms. The van der Waals surface area contributed by atoms with E-state index in [1.54, 1.807) is 0 Å². The SMILES string of the molecule is CC(=O)N(CC1CCC(CN(C(C)=O)C(=O)O)O1)C(=O)O. The number of carbonyl (C=O) groups excluding carboxylic acids is 2. The molecule has 1 aliphatic heterocycles. The van der Waals surface area contributed by atoms with E-state index >= 15 is 0 Å². The molecule has 0 aromatic carbocycles. The number of nitrogens with zero attached hydrogens (tertiary/aromatic N) is 2. The Morgan fingerprint density at radius 1 is 0.905 bits per heavy atom. The lowest BCUT2D eigenvalue weighted by atomic mass is 10.2. The first-order valence-electron chi connectivity index (χ1n) is 6.39. The predicted octanol–water partition coefficient (Wildman–Crippen LogP) is 0.587. The van der Waals surface area contributed by atoms with Gasteiger partial charge in [0.25, 0.3) is 0 Å². The monoisotopic (exact) mass is 302 g/mol. The summed E-state index contributed by atoms with van der Waals surface area (Å²) in [5.41, 5.74) is 0. The third-order valence-electron chi connectivity index (χ3n) is 3.19. The minimum absolute atomic E-state index is 0.103. The van der Waals surface area contributed by atoms with Crippen LogP contribution in [0, 0.1) is 0 Å². The number of ether oxygens (including phenoxy) is 1. The number of rotatable bonds is 4. The molecule has 1 rings (SSSR count). The molecule has 1 heterocycles. The van der Waals surface area contributed by atoms with Gasteiger partial charge < -0.3 is 14.9 Å². The summed E-state index contributed by atoms with van der Waals surface area (Å²) in [5, 5.41) is 17.8. The summed E-state index contributed by atoms with van der Waals surface area (Å²) in [7, 11) is 0. The third kappa shape index (κ3) is 4.71. The molecular formula is C12H18N2O7. The molecule has 21 heavy (non-hydrogen) atoms. The molecule has 0 spiro atoms. The lowest BCUT2D eigenvalue weighted by Gasteiger charge is -2.22. The van der Waals surface area contributed by atoms with Crippen LogP contribution < -0.4 is 0 Å². The van der Waals surface area contributed by atoms with Gasteiger partial charge in [0, 0.05) is 13.8 Å². The predicted molar refractivity (Wildman–Crippen MR) is 68.7 cm³/mol. The van der Waals surface area contributed by atoms with Crippen LogP contribution in [0.4, 0.5) is 9.59 Å². The Hall–Kier alpha value is -2.16. The van der Waals surface area contributed by atoms with Gasteiger partial charge in [0.15, 0.2) is 0 Å². The van der Waals surface area contributed by atoms with Crippen LogP contribution in [0.3, 0.4) is 0 Å². The minimum atomic E-state index is -1.36. The highest BCUT2D eigenvalue weighted by molar-refractivity contribution is 5.90. The summed E-state index contributed by atoms with van der Waals surface area (Å²) in [6.07, 6.45) is -2.70. The van der Waals surface area contributed by atoms with E-state index in [2.05, 4.69) is 0 Å². The van der Waals surface area contributed by atoms with Gasteiger partial charge in [-0.05, 0) is 12.8 Å². The number of carboxylic acid groups (broad SMARTS) is 2. The van der Waals surface area contributed by atoms with E-state index < -0.39 is 36.2 Å². The smallest absolute Gasteiger partial charge is 0.414 e. The molecule has 9 nitrogen and oxygen atoms in total. The maximum atomic E-state index is 11.2. The van der Waals surface area contributed by atoms with Crippen molar-refractivity contribution in [2.24, 2.45) is 0 Å². The Bertz CT molecular complexity index is 383. The molecule has 4 amide bonds. The van der Waals surface area contributed by atoms with E-state index in [0.717, 1.165) is 13.8 Å². The molecule has 0 saturated carbocycles. The van der Waals surface area contributed by atoms with Gasteiger partial charge in [-0.2, -0.15) is 0 Å². The molecule has 2 unspecified atom stereocenters. The van der Waals surface area contributed by atoms with Crippen molar-refractivity contribution in [1.29, 1.82) is 0 Å². The first kappa shape index (κ1) is 16.9. The highest BCUT2D eigenvalue weighted by atomic mass is 16.5. The minimum Gasteiger partial charge on any atom is -0.465 e. The van der Waals surface area contributed by atoms with E-state index in [1.807, 2.05) is 0 Å². The zero-order valence-corrected chi connectivity index (χ0v) is 11.8. The summed E-state index contributed by atoms with van der Waals surface area (Å²) in [5.74, 6) is -1.21. The van der Waals surface area contributed by atoms with E-state index in [-0.39, 0.29) is 13.1 Å². The van der Waals surface area contributed by atoms with Crippen molar-refractivity contribution in [3.05, 3.63) is 0 Å². The van der Waals surface area contributed by atoms with Crippen LogP contribution in [0.2, 0.25) is 0 Å². The first-order chi connectivity index (χ1) is 9.72. The fraction of sp³-hybridized carbons (Fsp3) is 0.667. The Morgan fingerprint density at radius 2 is 1.24 bits per heavy atom. The van der Waals surface area contributed by atoms with Gasteiger partial charge >= 0.3 is 12.2 Å². The maximum Gasteiger partial charge on any atom is 0.414 e. The van der Waals surface area contributed by atoms with Crippen molar-refractivity contribution < 1.29 is 34.1 Å². The molecule has 1 saturated heterocycles. The number of imide groups is 2. The molecule has 0 aliphatic carbocycles. The fourth-order valence-corrected chi connectivity index (χ4v) is 2.14. The molecule has 0 aromatic heterocycles. The van der Waals surface area contributed by atoms with Crippen molar-refractivity contribution >= 4 is 24.0 Å². The molecule has 118 valence electrons. The average Bonchev–Trinajstić information content (AvgIpc) is 2.79. The Labute approximate surface area is 121 Å². The summed E-state index contributed by atoms with van der Waals surface area (Å²) in [6.45, 7) is 2.08. The van der Waals surface area contributed by atoms with Crippen molar-refractivity contribution in [2.75, 3.05) is 13.1 Å². The van der Waals surface area contributed by atoms with Crippen LogP contribution >= 0.6 is 0 Å². The number of hydrogen-bond acceptors (Lipinski definition) is 5. The van der Waals surface area contributed by atoms with Crippen LogP contribution in [0.15, 0.2) is 0 Å². The molecule has 0 radical (unpaired) electrons. The molecular weight excluding hydrogens is 284 g/mol. The second-order valence-electron chi connectivity index (χ2n) is 4.78. The summed E-state index contributed by atoms with van der Waals surface area (Å²) >= 11 is 0. The van der Waals surface area contributed by atoms with Crippen LogP contribution in [0.1, 0.15) is 26.7 Å². The van der Waals surface area contributed by atoms with E-state index in [4.69, 9.17) is 14.9 Å². The largest absolute Gasteiger partial charge is 0.465 e. The van der Waals surface area contributed by atoms with Crippen molar-refractivity contribution in [3.63, 3.8) is 0 Å². The summed E-state index contributed by atoms with van der Waals surface area (Å²) < 4.78 is 5.51. The highest BCUT2D eigenvalue weighted by Crippen LogP contribution is 2.21. The van der Waals surface area contributed by atoms with Gasteiger partial charge in [-0.25, -0.2) is 19.4 Å². The zero-order valence-electron chi connectivity index (χ0n) is 11.8. The topological polar surface area (TPSA) is 124 Å². The van der Waals surface area contributed by atoms with Crippen LogP contribution in [-0.4, -0.2) is 69.3 Å². The number of amides is 4. The third-order valence-corrected chi connectivity index (χ3v) is 3.19. The zero-order chi connectivity index (χ0) is 16.2. The van der Waals surface area contributed by atoms with Gasteiger partial charge in [-0.1, -0.05) is 0 Å². The lowest BCUT2D eigenvalue weighted by molar-refractivity contribution is -0.129. The molecule has 2 N–H and O–H groups in total. The van der Waals surface area contributed by atoms with Crippen molar-refractivity contribution in [1.82, 2.24) is 9.80 Å². The molecule has 0 aromatic rings. The van der Waals surface area contributed by atoms with E-state index in [9.17, 15) is 19.2 Å².